The number of nitrogens with zero attached hydrogens (tertiary/aromatic N) is 2. The maximum absolute atomic E-state index is 4.47. The van der Waals surface area contributed by atoms with Crippen LogP contribution in [0.25, 0.3) is 0 Å². The molecule has 0 radical (unpaired) electrons. The summed E-state index contributed by atoms with van der Waals surface area (Å²) >= 11 is 4.63. The quantitative estimate of drug-likeness (QED) is 0.512. The Labute approximate surface area is 152 Å². The Morgan fingerprint density at radius 1 is 0.667 bits per heavy atom. The van der Waals surface area contributed by atoms with Gasteiger partial charge in [-0.2, -0.15) is 10.2 Å². The third kappa shape index (κ3) is 2.92. The summed E-state index contributed by atoms with van der Waals surface area (Å²) in [5.41, 5.74) is 4.17. The van der Waals surface area contributed by atoms with Gasteiger partial charge in [0.1, 0.15) is 0 Å². The van der Waals surface area contributed by atoms with Crippen LogP contribution >= 0.6 is 45.2 Å². The highest BCUT2D eigenvalue weighted by Gasteiger charge is 2.37. The first-order chi connectivity index (χ1) is 9.98. The topological polar surface area (TPSA) is 24.7 Å². The van der Waals surface area contributed by atoms with Crippen LogP contribution in [0.1, 0.15) is 25.0 Å². The van der Waals surface area contributed by atoms with Gasteiger partial charge in [0.05, 0.1) is 16.8 Å². The summed E-state index contributed by atoms with van der Waals surface area (Å²) in [5.74, 6) is 0. The zero-order chi connectivity index (χ0) is 15.0. The second-order valence-electron chi connectivity index (χ2n) is 5.54. The van der Waals surface area contributed by atoms with E-state index in [9.17, 15) is 0 Å². The van der Waals surface area contributed by atoms with E-state index in [4.69, 9.17) is 0 Å². The van der Waals surface area contributed by atoms with Crippen LogP contribution < -0.4 is 0 Å². The van der Waals surface area contributed by atoms with Crippen LogP contribution in [0.3, 0.4) is 0 Å². The van der Waals surface area contributed by atoms with Crippen molar-refractivity contribution in [2.75, 3.05) is 0 Å². The monoisotopic (exact) mass is 500 g/mol. The molecule has 0 bridgehead atoms. The average molecular weight is 500 g/mol. The molecule has 0 saturated carbocycles. The highest BCUT2D eigenvalue weighted by Crippen LogP contribution is 2.33. The lowest BCUT2D eigenvalue weighted by atomic mass is 9.77. The Hall–Kier alpha value is -0.760. The molecule has 2 aromatic rings. The fourth-order valence-corrected chi connectivity index (χ4v) is 3.23. The Bertz CT molecular complexity index is 663. The van der Waals surface area contributed by atoms with Crippen molar-refractivity contribution >= 4 is 56.6 Å². The molecule has 21 heavy (non-hydrogen) atoms. The fraction of sp³-hybridized carbons (Fsp3) is 0.176. The summed E-state index contributed by atoms with van der Waals surface area (Å²) in [4.78, 5) is 0. The van der Waals surface area contributed by atoms with E-state index >= 15 is 0 Å². The van der Waals surface area contributed by atoms with Crippen LogP contribution in [0.5, 0.6) is 0 Å². The van der Waals surface area contributed by atoms with E-state index in [1.54, 1.807) is 0 Å². The lowest BCUT2D eigenvalue weighted by molar-refractivity contribution is 0.745. The molecule has 0 aromatic heterocycles. The maximum atomic E-state index is 4.47. The largest absolute Gasteiger partial charge is 0.154 e. The van der Waals surface area contributed by atoms with E-state index in [0.717, 1.165) is 22.6 Å². The number of rotatable bonds is 2. The lowest BCUT2D eigenvalue weighted by Crippen LogP contribution is -2.31. The van der Waals surface area contributed by atoms with E-state index in [1.807, 2.05) is 0 Å². The van der Waals surface area contributed by atoms with Gasteiger partial charge in [0.15, 0.2) is 0 Å². The van der Waals surface area contributed by atoms with Crippen molar-refractivity contribution in [1.29, 1.82) is 0 Å². The Morgan fingerprint density at radius 3 is 1.33 bits per heavy atom. The molecule has 0 aliphatic carbocycles. The van der Waals surface area contributed by atoms with Crippen molar-refractivity contribution < 1.29 is 0 Å². The van der Waals surface area contributed by atoms with Crippen LogP contribution in [-0.4, -0.2) is 11.4 Å². The van der Waals surface area contributed by atoms with Crippen LogP contribution in [-0.2, 0) is 0 Å². The van der Waals surface area contributed by atoms with E-state index < -0.39 is 0 Å². The molecule has 106 valence electrons. The second kappa shape index (κ2) is 5.79. The van der Waals surface area contributed by atoms with Crippen LogP contribution in [0.2, 0.25) is 0 Å². The molecule has 2 aromatic carbocycles. The summed E-state index contributed by atoms with van der Waals surface area (Å²) in [5, 5.41) is 8.94. The predicted molar refractivity (Wildman–Crippen MR) is 105 cm³/mol. The van der Waals surface area contributed by atoms with Gasteiger partial charge in [0.25, 0.3) is 0 Å². The number of hydrogen-bond donors (Lipinski definition) is 0. The second-order valence-corrected chi connectivity index (χ2v) is 8.03. The lowest BCUT2D eigenvalue weighted by Gasteiger charge is -2.23. The van der Waals surface area contributed by atoms with Crippen LogP contribution in [0, 0.1) is 12.6 Å². The molecule has 3 rings (SSSR count). The molecule has 0 saturated heterocycles. The van der Waals surface area contributed by atoms with E-state index in [1.165, 1.54) is 7.14 Å². The zero-order valence-corrected chi connectivity index (χ0v) is 16.1. The molecule has 1 aliphatic rings. The average Bonchev–Trinajstić information content (AvgIpc) is 2.76. The molecule has 0 amide bonds. The molecule has 0 atom stereocenters. The number of hydrogen-bond acceptors (Lipinski definition) is 2. The van der Waals surface area contributed by atoms with Gasteiger partial charge in [-0.05, 0) is 94.4 Å². The van der Waals surface area contributed by atoms with Crippen molar-refractivity contribution in [3.05, 3.63) is 66.8 Å². The Kier molecular flexibility index (Phi) is 4.18. The third-order valence-corrected chi connectivity index (χ3v) is 5.11. The Balaban J connectivity index is 1.96. The van der Waals surface area contributed by atoms with Crippen molar-refractivity contribution in [2.45, 2.75) is 13.8 Å². The summed E-state index contributed by atoms with van der Waals surface area (Å²) in [7, 11) is 0. The first-order valence-corrected chi connectivity index (χ1v) is 8.83. The van der Waals surface area contributed by atoms with Gasteiger partial charge in [-0.25, -0.2) is 0 Å². The summed E-state index contributed by atoms with van der Waals surface area (Å²) in [6, 6.07) is 16.9. The fourth-order valence-electron chi connectivity index (χ4n) is 2.51. The summed E-state index contributed by atoms with van der Waals surface area (Å²) in [6.07, 6.45) is 0. The van der Waals surface area contributed by atoms with E-state index in [2.05, 4.69) is 118 Å². The van der Waals surface area contributed by atoms with Gasteiger partial charge in [0.2, 0.25) is 0 Å². The zero-order valence-electron chi connectivity index (χ0n) is 11.8. The van der Waals surface area contributed by atoms with Crippen molar-refractivity contribution in [1.82, 2.24) is 0 Å². The SMILES string of the molecule is CC1(C)C(c2ccc(I)cc2)=NN=C1c1ccc(I)cc1. The molecule has 2 nitrogen and oxygen atoms in total. The minimum Gasteiger partial charge on any atom is -0.154 e. The van der Waals surface area contributed by atoms with Crippen LogP contribution in [0.15, 0.2) is 58.7 Å². The molecule has 0 fully saturated rings. The first kappa shape index (κ1) is 15.1. The highest BCUT2D eigenvalue weighted by atomic mass is 127. The smallest absolute Gasteiger partial charge is 0.0819 e. The predicted octanol–water partition coefficient (Wildman–Crippen LogP) is 5.13. The van der Waals surface area contributed by atoms with Gasteiger partial charge < -0.3 is 0 Å². The molecule has 0 N–H and O–H groups in total. The molecular weight excluding hydrogens is 486 g/mol. The molecule has 1 heterocycles. The van der Waals surface area contributed by atoms with Crippen molar-refractivity contribution in [3.8, 4) is 0 Å². The molecular formula is C17H14I2N2. The maximum Gasteiger partial charge on any atom is 0.0819 e. The minimum absolute atomic E-state index is 0.181. The Morgan fingerprint density at radius 2 is 1.00 bits per heavy atom. The van der Waals surface area contributed by atoms with Crippen LogP contribution in [0.4, 0.5) is 0 Å². The van der Waals surface area contributed by atoms with Crippen molar-refractivity contribution in [3.63, 3.8) is 0 Å². The van der Waals surface area contributed by atoms with E-state index in [0.29, 0.717) is 0 Å². The summed E-state index contributed by atoms with van der Waals surface area (Å²) in [6.45, 7) is 4.38. The third-order valence-electron chi connectivity index (χ3n) is 3.67. The molecule has 0 spiro atoms. The molecule has 1 aliphatic heterocycles. The van der Waals surface area contributed by atoms with Gasteiger partial charge in [-0.15, -0.1) is 0 Å². The standard InChI is InChI=1S/C17H14I2N2/c1-17(2)15(11-3-7-13(18)8-4-11)20-21-16(17)12-5-9-14(19)10-6-12/h3-10H,1-2H3. The first-order valence-electron chi connectivity index (χ1n) is 6.67. The number of benzene rings is 2. The molecule has 4 heteroatoms. The van der Waals surface area contributed by atoms with Gasteiger partial charge in [-0.3, -0.25) is 0 Å². The normalized spacial score (nSPS) is 16.6. The van der Waals surface area contributed by atoms with Gasteiger partial charge in [-0.1, -0.05) is 24.3 Å². The van der Waals surface area contributed by atoms with E-state index in [-0.39, 0.29) is 5.41 Å². The van der Waals surface area contributed by atoms with Gasteiger partial charge >= 0.3 is 0 Å². The van der Waals surface area contributed by atoms with Gasteiger partial charge in [0, 0.05) is 7.14 Å². The number of halogens is 2. The minimum atomic E-state index is -0.181. The highest BCUT2D eigenvalue weighted by molar-refractivity contribution is 14.1. The molecule has 0 unspecified atom stereocenters. The summed E-state index contributed by atoms with van der Waals surface area (Å²) < 4.78 is 2.46. The van der Waals surface area contributed by atoms with Crippen molar-refractivity contribution in [2.24, 2.45) is 15.6 Å².